The van der Waals surface area contributed by atoms with Crippen LogP contribution in [0.3, 0.4) is 0 Å². The van der Waals surface area contributed by atoms with E-state index in [9.17, 15) is 0 Å². The number of aromatic nitrogens is 2. The summed E-state index contributed by atoms with van der Waals surface area (Å²) < 4.78 is 5.57. The van der Waals surface area contributed by atoms with Crippen molar-refractivity contribution in [1.82, 2.24) is 9.97 Å². The highest BCUT2D eigenvalue weighted by Crippen LogP contribution is 2.20. The van der Waals surface area contributed by atoms with Crippen LogP contribution in [0.1, 0.15) is 43.8 Å². The molecule has 1 aliphatic rings. The Morgan fingerprint density at radius 1 is 1.56 bits per heavy atom. The van der Waals surface area contributed by atoms with Crippen LogP contribution < -0.4 is 5.73 Å². The molecule has 0 aliphatic carbocycles. The minimum atomic E-state index is 0.0319. The van der Waals surface area contributed by atoms with Gasteiger partial charge in [-0.25, -0.2) is 9.97 Å². The van der Waals surface area contributed by atoms with E-state index < -0.39 is 0 Å². The summed E-state index contributed by atoms with van der Waals surface area (Å²) in [6, 6.07) is 1.92. The lowest BCUT2D eigenvalue weighted by molar-refractivity contribution is 0.101. The summed E-state index contributed by atoms with van der Waals surface area (Å²) in [5.74, 6) is 0. The molecule has 0 bridgehead atoms. The van der Waals surface area contributed by atoms with E-state index in [-0.39, 0.29) is 6.04 Å². The largest absolute Gasteiger partial charge is 0.378 e. The van der Waals surface area contributed by atoms with Gasteiger partial charge in [0, 0.05) is 18.8 Å². The average Bonchev–Trinajstić information content (AvgIpc) is 2.83. The van der Waals surface area contributed by atoms with Crippen molar-refractivity contribution in [3.63, 3.8) is 0 Å². The van der Waals surface area contributed by atoms with Gasteiger partial charge < -0.3 is 10.5 Å². The predicted octanol–water partition coefficient (Wildman–Crippen LogP) is 1.83. The Labute approximate surface area is 96.2 Å². The van der Waals surface area contributed by atoms with E-state index in [0.29, 0.717) is 6.10 Å². The number of ether oxygens (including phenoxy) is 1. The molecule has 2 N–H and O–H groups in total. The number of nitrogens with zero attached hydrogens (tertiary/aromatic N) is 2. The quantitative estimate of drug-likeness (QED) is 0.824. The van der Waals surface area contributed by atoms with Crippen molar-refractivity contribution in [3.8, 4) is 0 Å². The fourth-order valence-corrected chi connectivity index (χ4v) is 2.11. The van der Waals surface area contributed by atoms with Crippen LogP contribution in [0, 0.1) is 0 Å². The molecule has 2 atom stereocenters. The minimum Gasteiger partial charge on any atom is -0.378 e. The van der Waals surface area contributed by atoms with Gasteiger partial charge in [-0.15, -0.1) is 0 Å². The molecular weight excluding hydrogens is 202 g/mol. The molecular formula is C12H19N3O. The van der Waals surface area contributed by atoms with Gasteiger partial charge in [0.2, 0.25) is 0 Å². The number of hydrogen-bond donors (Lipinski definition) is 1. The van der Waals surface area contributed by atoms with E-state index in [2.05, 4.69) is 9.97 Å². The van der Waals surface area contributed by atoms with Gasteiger partial charge in [0.15, 0.2) is 0 Å². The van der Waals surface area contributed by atoms with Crippen molar-refractivity contribution in [2.75, 3.05) is 6.61 Å². The molecule has 1 aromatic rings. The molecule has 16 heavy (non-hydrogen) atoms. The second-order valence-corrected chi connectivity index (χ2v) is 4.31. The summed E-state index contributed by atoms with van der Waals surface area (Å²) >= 11 is 0. The first-order valence-electron chi connectivity index (χ1n) is 5.99. The molecule has 0 saturated carbocycles. The standard InChI is InChI=1S/C12H19N3O/c13-11(12-6-7-14-9-15-12)5-1-3-10-4-2-8-16-10/h6-7,9-11H,1-5,8,13H2. The Morgan fingerprint density at radius 2 is 2.50 bits per heavy atom. The Balaban J connectivity index is 1.69. The molecule has 1 saturated heterocycles. The van der Waals surface area contributed by atoms with Crippen LogP contribution in [0.5, 0.6) is 0 Å². The van der Waals surface area contributed by atoms with E-state index in [1.807, 2.05) is 6.07 Å². The maximum absolute atomic E-state index is 6.05. The zero-order valence-corrected chi connectivity index (χ0v) is 9.51. The van der Waals surface area contributed by atoms with Gasteiger partial charge in [-0.1, -0.05) is 0 Å². The SMILES string of the molecule is NC(CCCC1CCCO1)c1ccncn1. The van der Waals surface area contributed by atoms with Crippen LogP contribution in [-0.2, 0) is 4.74 Å². The molecule has 0 aromatic carbocycles. The van der Waals surface area contributed by atoms with Crippen LogP contribution in [0.25, 0.3) is 0 Å². The highest BCUT2D eigenvalue weighted by atomic mass is 16.5. The van der Waals surface area contributed by atoms with Gasteiger partial charge >= 0.3 is 0 Å². The summed E-state index contributed by atoms with van der Waals surface area (Å²) in [5.41, 5.74) is 6.98. The second-order valence-electron chi connectivity index (χ2n) is 4.31. The van der Waals surface area contributed by atoms with Crippen LogP contribution in [0.15, 0.2) is 18.6 Å². The third-order valence-corrected chi connectivity index (χ3v) is 3.05. The van der Waals surface area contributed by atoms with Crippen molar-refractivity contribution in [2.24, 2.45) is 5.73 Å². The lowest BCUT2D eigenvalue weighted by Gasteiger charge is -2.12. The molecule has 1 fully saturated rings. The molecule has 1 aromatic heterocycles. The Morgan fingerprint density at radius 3 is 3.19 bits per heavy atom. The van der Waals surface area contributed by atoms with Gasteiger partial charge in [0.05, 0.1) is 11.8 Å². The molecule has 0 radical (unpaired) electrons. The molecule has 4 nitrogen and oxygen atoms in total. The van der Waals surface area contributed by atoms with Crippen molar-refractivity contribution in [2.45, 2.75) is 44.2 Å². The molecule has 1 aliphatic heterocycles. The monoisotopic (exact) mass is 221 g/mol. The Bertz CT molecular complexity index is 298. The summed E-state index contributed by atoms with van der Waals surface area (Å²) in [7, 11) is 0. The lowest BCUT2D eigenvalue weighted by atomic mass is 10.0. The zero-order valence-electron chi connectivity index (χ0n) is 9.51. The molecule has 2 heterocycles. The van der Waals surface area contributed by atoms with Crippen molar-refractivity contribution in [1.29, 1.82) is 0 Å². The van der Waals surface area contributed by atoms with E-state index in [1.165, 1.54) is 12.8 Å². The molecule has 0 amide bonds. The topological polar surface area (TPSA) is 61.0 Å². The van der Waals surface area contributed by atoms with Gasteiger partial charge in [0.25, 0.3) is 0 Å². The van der Waals surface area contributed by atoms with Crippen molar-refractivity contribution in [3.05, 3.63) is 24.3 Å². The molecule has 4 heteroatoms. The second kappa shape index (κ2) is 5.92. The molecule has 2 rings (SSSR count). The van der Waals surface area contributed by atoms with Crippen LogP contribution in [-0.4, -0.2) is 22.7 Å². The van der Waals surface area contributed by atoms with Crippen LogP contribution in [0.4, 0.5) is 0 Å². The minimum absolute atomic E-state index is 0.0319. The summed E-state index contributed by atoms with van der Waals surface area (Å²) in [6.07, 6.45) is 9.38. The first kappa shape index (κ1) is 11.5. The van der Waals surface area contributed by atoms with E-state index >= 15 is 0 Å². The Hall–Kier alpha value is -1.00. The lowest BCUT2D eigenvalue weighted by Crippen LogP contribution is -2.13. The first-order chi connectivity index (χ1) is 7.86. The number of hydrogen-bond acceptors (Lipinski definition) is 4. The van der Waals surface area contributed by atoms with Crippen molar-refractivity contribution < 1.29 is 4.74 Å². The number of rotatable bonds is 5. The number of nitrogens with two attached hydrogens (primary N) is 1. The summed E-state index contributed by atoms with van der Waals surface area (Å²) in [5, 5.41) is 0. The molecule has 88 valence electrons. The van der Waals surface area contributed by atoms with E-state index in [1.54, 1.807) is 12.5 Å². The zero-order chi connectivity index (χ0) is 11.2. The predicted molar refractivity (Wildman–Crippen MR) is 61.8 cm³/mol. The maximum atomic E-state index is 6.05. The molecule has 0 spiro atoms. The van der Waals surface area contributed by atoms with Crippen LogP contribution >= 0.6 is 0 Å². The van der Waals surface area contributed by atoms with Gasteiger partial charge in [-0.2, -0.15) is 0 Å². The smallest absolute Gasteiger partial charge is 0.115 e. The summed E-state index contributed by atoms with van der Waals surface area (Å²) in [6.45, 7) is 0.933. The molecule has 2 unspecified atom stereocenters. The van der Waals surface area contributed by atoms with Gasteiger partial charge in [-0.05, 0) is 38.2 Å². The highest BCUT2D eigenvalue weighted by molar-refractivity contribution is 5.03. The van der Waals surface area contributed by atoms with E-state index in [4.69, 9.17) is 10.5 Å². The van der Waals surface area contributed by atoms with Gasteiger partial charge in [-0.3, -0.25) is 0 Å². The fourth-order valence-electron chi connectivity index (χ4n) is 2.11. The van der Waals surface area contributed by atoms with Gasteiger partial charge in [0.1, 0.15) is 6.33 Å². The maximum Gasteiger partial charge on any atom is 0.115 e. The third kappa shape index (κ3) is 3.25. The van der Waals surface area contributed by atoms with E-state index in [0.717, 1.165) is 31.6 Å². The van der Waals surface area contributed by atoms with Crippen molar-refractivity contribution >= 4 is 0 Å². The first-order valence-corrected chi connectivity index (χ1v) is 5.99. The average molecular weight is 221 g/mol. The third-order valence-electron chi connectivity index (χ3n) is 3.05. The normalized spacial score (nSPS) is 22.2. The van der Waals surface area contributed by atoms with Crippen LogP contribution in [0.2, 0.25) is 0 Å². The Kier molecular flexibility index (Phi) is 4.25. The fraction of sp³-hybridized carbons (Fsp3) is 0.667. The highest BCUT2D eigenvalue weighted by Gasteiger charge is 2.15. The summed E-state index contributed by atoms with van der Waals surface area (Å²) in [4.78, 5) is 8.05.